The van der Waals surface area contributed by atoms with E-state index >= 15 is 0 Å². The van der Waals surface area contributed by atoms with E-state index in [1.165, 1.54) is 5.56 Å². The highest BCUT2D eigenvalue weighted by Gasteiger charge is 2.24. The van der Waals surface area contributed by atoms with E-state index in [0.29, 0.717) is 36.0 Å². The van der Waals surface area contributed by atoms with E-state index in [1.54, 1.807) is 48.0 Å². The average Bonchev–Trinajstić information content (AvgIpc) is 3.46. The van der Waals surface area contributed by atoms with E-state index in [9.17, 15) is 4.79 Å². The lowest BCUT2D eigenvalue weighted by molar-refractivity contribution is 0.0620. The van der Waals surface area contributed by atoms with Gasteiger partial charge in [0.05, 0.1) is 20.4 Å². The quantitative estimate of drug-likeness (QED) is 0.526. The number of amides is 1. The molecule has 0 saturated carbocycles. The maximum absolute atomic E-state index is 12.9. The Balaban J connectivity index is 1.32. The van der Waals surface area contributed by atoms with Crippen LogP contribution < -0.4 is 14.2 Å². The highest BCUT2D eigenvalue weighted by atomic mass is 16.5. The lowest BCUT2D eigenvalue weighted by atomic mass is 10.2. The van der Waals surface area contributed by atoms with Gasteiger partial charge in [0.15, 0.2) is 23.9 Å². The minimum Gasteiger partial charge on any atom is -0.493 e. The van der Waals surface area contributed by atoms with Crippen molar-refractivity contribution in [2.75, 3.05) is 40.4 Å². The molecule has 0 spiro atoms. The number of piperazine rings is 1. The first-order chi connectivity index (χ1) is 15.6. The summed E-state index contributed by atoms with van der Waals surface area (Å²) in [7, 11) is 5.06. The minimum atomic E-state index is -0.0698. The van der Waals surface area contributed by atoms with Gasteiger partial charge >= 0.3 is 0 Å². The van der Waals surface area contributed by atoms with Crippen LogP contribution in [-0.2, 0) is 20.3 Å². The molecule has 3 heterocycles. The van der Waals surface area contributed by atoms with E-state index in [2.05, 4.69) is 15.1 Å². The van der Waals surface area contributed by atoms with Crippen molar-refractivity contribution >= 4 is 5.91 Å². The molecule has 1 aliphatic heterocycles. The molecule has 0 atom stereocenters. The second kappa shape index (κ2) is 9.73. The van der Waals surface area contributed by atoms with E-state index in [-0.39, 0.29) is 12.6 Å². The Bertz CT molecular complexity index is 1030. The zero-order valence-corrected chi connectivity index (χ0v) is 18.6. The van der Waals surface area contributed by atoms with Crippen LogP contribution in [-0.4, -0.2) is 75.7 Å². The lowest BCUT2D eigenvalue weighted by Gasteiger charge is -2.34. The normalized spacial score (nSPS) is 14.4. The molecule has 1 saturated heterocycles. The van der Waals surface area contributed by atoms with Gasteiger partial charge in [0.1, 0.15) is 0 Å². The average molecular weight is 441 g/mol. The summed E-state index contributed by atoms with van der Waals surface area (Å²) in [6.45, 7) is 3.94. The van der Waals surface area contributed by atoms with Crippen molar-refractivity contribution in [2.45, 2.75) is 13.3 Å². The number of carbonyl (C=O) groups is 1. The molecule has 0 radical (unpaired) electrons. The zero-order valence-electron chi connectivity index (χ0n) is 18.6. The number of para-hydroxylation sites is 1. The molecule has 0 N–H and O–H groups in total. The van der Waals surface area contributed by atoms with Crippen molar-refractivity contribution in [3.8, 4) is 17.2 Å². The van der Waals surface area contributed by atoms with Gasteiger partial charge in [-0.1, -0.05) is 6.07 Å². The van der Waals surface area contributed by atoms with Gasteiger partial charge in [-0.2, -0.15) is 10.2 Å². The van der Waals surface area contributed by atoms with Crippen LogP contribution in [0, 0.1) is 0 Å². The minimum absolute atomic E-state index is 0.0698. The summed E-state index contributed by atoms with van der Waals surface area (Å²) in [6, 6.07) is 7.13. The number of carbonyl (C=O) groups excluding carboxylic acids is 1. The molecule has 1 fully saturated rings. The number of ether oxygens (including phenoxy) is 3. The second-order valence-corrected chi connectivity index (χ2v) is 7.60. The maximum Gasteiger partial charge on any atom is 0.274 e. The lowest BCUT2D eigenvalue weighted by Crippen LogP contribution is -2.48. The number of methoxy groups -OCH3 is 2. The van der Waals surface area contributed by atoms with E-state index in [1.807, 2.05) is 30.4 Å². The van der Waals surface area contributed by atoms with E-state index < -0.39 is 0 Å². The van der Waals surface area contributed by atoms with E-state index in [4.69, 9.17) is 14.2 Å². The largest absolute Gasteiger partial charge is 0.493 e. The van der Waals surface area contributed by atoms with Crippen molar-refractivity contribution in [1.82, 2.24) is 29.4 Å². The molecule has 1 aromatic carbocycles. The van der Waals surface area contributed by atoms with Gasteiger partial charge in [0.2, 0.25) is 5.75 Å². The van der Waals surface area contributed by atoms with Crippen molar-refractivity contribution in [2.24, 2.45) is 7.05 Å². The molecule has 2 aromatic heterocycles. The third kappa shape index (κ3) is 4.86. The topological polar surface area (TPSA) is 86.9 Å². The van der Waals surface area contributed by atoms with Crippen molar-refractivity contribution < 1.29 is 19.0 Å². The molecule has 1 aliphatic rings. The monoisotopic (exact) mass is 440 g/mol. The highest BCUT2D eigenvalue weighted by Crippen LogP contribution is 2.36. The third-order valence-corrected chi connectivity index (χ3v) is 5.41. The molecule has 0 aliphatic carbocycles. The second-order valence-electron chi connectivity index (χ2n) is 7.60. The molecule has 10 heteroatoms. The van der Waals surface area contributed by atoms with Crippen LogP contribution in [0.5, 0.6) is 17.2 Å². The Morgan fingerprint density at radius 2 is 1.78 bits per heavy atom. The predicted molar refractivity (Wildman–Crippen MR) is 117 cm³/mol. The molecule has 0 unspecified atom stereocenters. The van der Waals surface area contributed by atoms with Crippen molar-refractivity contribution in [3.05, 3.63) is 54.1 Å². The summed E-state index contributed by atoms with van der Waals surface area (Å²) >= 11 is 0. The van der Waals surface area contributed by atoms with Crippen molar-refractivity contribution in [1.29, 1.82) is 0 Å². The Labute approximate surface area is 186 Å². The number of rotatable bonds is 8. The van der Waals surface area contributed by atoms with Gasteiger partial charge in [0, 0.05) is 57.7 Å². The Hall–Kier alpha value is -3.53. The van der Waals surface area contributed by atoms with Crippen LogP contribution in [0.2, 0.25) is 0 Å². The fourth-order valence-electron chi connectivity index (χ4n) is 3.72. The fourth-order valence-corrected chi connectivity index (χ4v) is 3.72. The Morgan fingerprint density at radius 1 is 1.06 bits per heavy atom. The zero-order chi connectivity index (χ0) is 22.5. The SMILES string of the molecule is COc1cccc(OC)c1OCn1ccc(C(=O)N2CCN(Cc3cnn(C)c3)CC2)n1. The number of hydrogen-bond acceptors (Lipinski definition) is 7. The summed E-state index contributed by atoms with van der Waals surface area (Å²) < 4.78 is 19.9. The van der Waals surface area contributed by atoms with Gasteiger partial charge in [-0.15, -0.1) is 0 Å². The number of benzene rings is 1. The molecule has 3 aromatic rings. The van der Waals surface area contributed by atoms with Crippen molar-refractivity contribution in [3.63, 3.8) is 0 Å². The summed E-state index contributed by atoms with van der Waals surface area (Å²) in [5.41, 5.74) is 1.58. The van der Waals surface area contributed by atoms with Crippen LogP contribution in [0.3, 0.4) is 0 Å². The molecule has 0 bridgehead atoms. The van der Waals surface area contributed by atoms with Crippen LogP contribution in [0.25, 0.3) is 0 Å². The molecular formula is C22H28N6O4. The van der Waals surface area contributed by atoms with Gasteiger partial charge in [0.25, 0.3) is 5.91 Å². The van der Waals surface area contributed by atoms with Crippen LogP contribution in [0.15, 0.2) is 42.9 Å². The highest BCUT2D eigenvalue weighted by molar-refractivity contribution is 5.92. The fraction of sp³-hybridized carbons (Fsp3) is 0.409. The summed E-state index contributed by atoms with van der Waals surface area (Å²) in [4.78, 5) is 17.1. The maximum atomic E-state index is 12.9. The molecule has 32 heavy (non-hydrogen) atoms. The number of hydrogen-bond donors (Lipinski definition) is 0. The third-order valence-electron chi connectivity index (χ3n) is 5.41. The number of nitrogens with zero attached hydrogens (tertiary/aromatic N) is 6. The first-order valence-corrected chi connectivity index (χ1v) is 10.4. The first-order valence-electron chi connectivity index (χ1n) is 10.4. The van der Waals surface area contributed by atoms with E-state index in [0.717, 1.165) is 19.6 Å². The van der Waals surface area contributed by atoms with Gasteiger partial charge in [-0.05, 0) is 18.2 Å². The molecular weight excluding hydrogens is 412 g/mol. The molecule has 170 valence electrons. The Morgan fingerprint density at radius 3 is 2.41 bits per heavy atom. The smallest absolute Gasteiger partial charge is 0.274 e. The Kier molecular flexibility index (Phi) is 6.60. The summed E-state index contributed by atoms with van der Waals surface area (Å²) in [6.07, 6.45) is 5.63. The number of aryl methyl sites for hydroxylation is 1. The van der Waals surface area contributed by atoms with Gasteiger partial charge in [-0.25, -0.2) is 4.68 Å². The standard InChI is InChI=1S/C22H28N6O4/c1-25-14-17(13-23-25)15-26-9-11-27(12-10-26)22(29)18-7-8-28(24-18)16-32-21-19(30-2)5-4-6-20(21)31-3/h4-8,13-14H,9-12,15-16H2,1-3H3. The summed E-state index contributed by atoms with van der Waals surface area (Å²) in [5.74, 6) is 1.55. The van der Waals surface area contributed by atoms with Gasteiger partial charge in [-0.3, -0.25) is 14.4 Å². The predicted octanol–water partition coefficient (Wildman–Crippen LogP) is 1.63. The summed E-state index contributed by atoms with van der Waals surface area (Å²) in [5, 5.41) is 8.61. The molecule has 4 rings (SSSR count). The van der Waals surface area contributed by atoms with Crippen LogP contribution >= 0.6 is 0 Å². The van der Waals surface area contributed by atoms with Crippen LogP contribution in [0.4, 0.5) is 0 Å². The molecule has 1 amide bonds. The van der Waals surface area contributed by atoms with Gasteiger partial charge < -0.3 is 19.1 Å². The number of aromatic nitrogens is 4. The van der Waals surface area contributed by atoms with Crippen LogP contribution in [0.1, 0.15) is 16.1 Å². The molecule has 10 nitrogen and oxygen atoms in total. The first kappa shape index (κ1) is 21.7.